The fourth-order valence-corrected chi connectivity index (χ4v) is 2.36. The van der Waals surface area contributed by atoms with Gasteiger partial charge in [0.15, 0.2) is 0 Å². The summed E-state index contributed by atoms with van der Waals surface area (Å²) in [6, 6.07) is 0.584. The second-order valence-corrected chi connectivity index (χ2v) is 5.09. The van der Waals surface area contributed by atoms with Crippen molar-refractivity contribution in [1.82, 2.24) is 9.80 Å². The summed E-state index contributed by atoms with van der Waals surface area (Å²) in [6.07, 6.45) is 4.43. The molecule has 0 N–H and O–H groups in total. The van der Waals surface area contributed by atoms with Gasteiger partial charge in [0.1, 0.15) is 5.83 Å². The van der Waals surface area contributed by atoms with Gasteiger partial charge in [-0.05, 0) is 32.5 Å². The molecule has 2 aliphatic rings. The van der Waals surface area contributed by atoms with Crippen LogP contribution in [-0.2, 0) is 0 Å². The van der Waals surface area contributed by atoms with Gasteiger partial charge in [0, 0.05) is 37.3 Å². The number of hydrogen-bond donors (Lipinski definition) is 0. The molecule has 2 rings (SSSR count). The van der Waals surface area contributed by atoms with E-state index in [2.05, 4.69) is 23.8 Å². The normalized spacial score (nSPS) is 32.4. The Kier molecular flexibility index (Phi) is 3.33. The van der Waals surface area contributed by atoms with Crippen molar-refractivity contribution in [2.75, 3.05) is 26.7 Å². The summed E-state index contributed by atoms with van der Waals surface area (Å²) in [5, 5.41) is 0. The lowest BCUT2D eigenvalue weighted by Gasteiger charge is -2.41. The molecule has 0 saturated carbocycles. The lowest BCUT2D eigenvalue weighted by atomic mass is 9.97. The molecular weight excluding hydrogens is 203 g/mol. The van der Waals surface area contributed by atoms with Crippen molar-refractivity contribution in [2.45, 2.75) is 26.3 Å². The van der Waals surface area contributed by atoms with Crippen molar-refractivity contribution < 1.29 is 4.39 Å². The summed E-state index contributed by atoms with van der Waals surface area (Å²) in [5.41, 5.74) is 1.30. The second kappa shape index (κ2) is 4.58. The Bertz CT molecular complexity index is 322. The first-order valence-electron chi connectivity index (χ1n) is 6.09. The van der Waals surface area contributed by atoms with E-state index in [4.69, 9.17) is 0 Å². The Labute approximate surface area is 97.4 Å². The van der Waals surface area contributed by atoms with Gasteiger partial charge in [-0.25, -0.2) is 4.39 Å². The summed E-state index contributed by atoms with van der Waals surface area (Å²) in [4.78, 5) is 4.78. The molecule has 0 aromatic rings. The number of allylic oxidation sites excluding steroid dienone is 4. The van der Waals surface area contributed by atoms with Gasteiger partial charge in [-0.1, -0.05) is 6.92 Å². The molecule has 0 radical (unpaired) electrons. The molecule has 16 heavy (non-hydrogen) atoms. The van der Waals surface area contributed by atoms with Crippen LogP contribution in [-0.4, -0.2) is 42.5 Å². The van der Waals surface area contributed by atoms with Crippen LogP contribution in [0.1, 0.15) is 20.3 Å². The SMILES string of the molecule is CC1CC(N2CCN(C)[C@H](C)C2)=CC=C1F. The van der Waals surface area contributed by atoms with E-state index in [0.717, 1.165) is 26.1 Å². The quantitative estimate of drug-likeness (QED) is 0.675. The third-order valence-corrected chi connectivity index (χ3v) is 3.79. The molecule has 0 aromatic carbocycles. The van der Waals surface area contributed by atoms with E-state index in [1.807, 2.05) is 13.0 Å². The average molecular weight is 224 g/mol. The number of halogens is 1. The topological polar surface area (TPSA) is 6.48 Å². The fraction of sp³-hybridized carbons (Fsp3) is 0.692. The van der Waals surface area contributed by atoms with Crippen molar-refractivity contribution >= 4 is 0 Å². The van der Waals surface area contributed by atoms with Gasteiger partial charge in [-0.2, -0.15) is 0 Å². The third kappa shape index (κ3) is 2.29. The van der Waals surface area contributed by atoms with Gasteiger partial charge < -0.3 is 9.80 Å². The van der Waals surface area contributed by atoms with Crippen LogP contribution >= 0.6 is 0 Å². The summed E-state index contributed by atoms with van der Waals surface area (Å²) < 4.78 is 13.2. The molecule has 0 spiro atoms. The van der Waals surface area contributed by atoms with E-state index in [1.54, 1.807) is 6.08 Å². The van der Waals surface area contributed by atoms with E-state index in [-0.39, 0.29) is 11.7 Å². The highest BCUT2D eigenvalue weighted by molar-refractivity contribution is 5.22. The average Bonchev–Trinajstić information content (AvgIpc) is 2.26. The fourth-order valence-electron chi connectivity index (χ4n) is 2.36. The molecular formula is C13H21FN2. The first-order chi connectivity index (χ1) is 7.58. The van der Waals surface area contributed by atoms with Crippen molar-refractivity contribution in [3.05, 3.63) is 23.7 Å². The Hall–Kier alpha value is -0.830. The molecule has 90 valence electrons. The number of hydrogen-bond acceptors (Lipinski definition) is 2. The highest BCUT2D eigenvalue weighted by Crippen LogP contribution is 2.28. The smallest absolute Gasteiger partial charge is 0.103 e. The molecule has 1 aliphatic heterocycles. The van der Waals surface area contributed by atoms with Crippen LogP contribution in [0.15, 0.2) is 23.7 Å². The predicted molar refractivity (Wildman–Crippen MR) is 64.7 cm³/mol. The maximum atomic E-state index is 13.2. The Morgan fingerprint density at radius 3 is 2.62 bits per heavy atom. The van der Waals surface area contributed by atoms with Crippen LogP contribution in [0.4, 0.5) is 4.39 Å². The van der Waals surface area contributed by atoms with Gasteiger partial charge in [0.25, 0.3) is 0 Å². The van der Waals surface area contributed by atoms with Gasteiger partial charge in [0.05, 0.1) is 0 Å². The summed E-state index contributed by atoms with van der Waals surface area (Å²) in [6.45, 7) is 7.42. The predicted octanol–water partition coefficient (Wildman–Crippen LogP) is 2.40. The van der Waals surface area contributed by atoms with E-state index < -0.39 is 0 Å². The number of piperazine rings is 1. The Morgan fingerprint density at radius 1 is 1.25 bits per heavy atom. The summed E-state index contributed by atoms with van der Waals surface area (Å²) >= 11 is 0. The largest absolute Gasteiger partial charge is 0.372 e. The maximum Gasteiger partial charge on any atom is 0.103 e. The standard InChI is InChI=1S/C13H21FN2/c1-10-8-12(4-5-13(10)14)16-7-6-15(3)11(2)9-16/h4-5,10-11H,6-9H2,1-3H3/t10?,11-/m1/s1. The molecule has 0 aromatic heterocycles. The van der Waals surface area contributed by atoms with Crippen LogP contribution in [0.3, 0.4) is 0 Å². The first-order valence-corrected chi connectivity index (χ1v) is 6.09. The lowest BCUT2D eigenvalue weighted by molar-refractivity contribution is 0.125. The maximum absolute atomic E-state index is 13.2. The summed E-state index contributed by atoms with van der Waals surface area (Å²) in [5.74, 6) is 0.0703. The lowest BCUT2D eigenvalue weighted by Crippen LogP contribution is -2.49. The zero-order chi connectivity index (χ0) is 11.7. The van der Waals surface area contributed by atoms with Gasteiger partial charge >= 0.3 is 0 Å². The molecule has 0 amide bonds. The Balaban J connectivity index is 2.04. The van der Waals surface area contributed by atoms with Crippen molar-refractivity contribution in [1.29, 1.82) is 0 Å². The van der Waals surface area contributed by atoms with Crippen LogP contribution in [0, 0.1) is 5.92 Å². The zero-order valence-corrected chi connectivity index (χ0v) is 10.4. The van der Waals surface area contributed by atoms with Crippen molar-refractivity contribution in [2.24, 2.45) is 5.92 Å². The van der Waals surface area contributed by atoms with Gasteiger partial charge in [-0.3, -0.25) is 0 Å². The molecule has 1 fully saturated rings. The molecule has 0 bridgehead atoms. The number of nitrogens with zero attached hydrogens (tertiary/aromatic N) is 2. The first kappa shape index (κ1) is 11.6. The van der Waals surface area contributed by atoms with E-state index in [9.17, 15) is 4.39 Å². The van der Waals surface area contributed by atoms with E-state index in [0.29, 0.717) is 6.04 Å². The minimum Gasteiger partial charge on any atom is -0.372 e. The molecule has 1 aliphatic carbocycles. The van der Waals surface area contributed by atoms with Gasteiger partial charge in [-0.15, -0.1) is 0 Å². The minimum atomic E-state index is 0.0194. The van der Waals surface area contributed by atoms with Crippen molar-refractivity contribution in [3.63, 3.8) is 0 Å². The highest BCUT2D eigenvalue weighted by Gasteiger charge is 2.24. The Morgan fingerprint density at radius 2 is 2.00 bits per heavy atom. The molecule has 1 unspecified atom stereocenters. The second-order valence-electron chi connectivity index (χ2n) is 5.09. The highest BCUT2D eigenvalue weighted by atomic mass is 19.1. The molecule has 1 heterocycles. The van der Waals surface area contributed by atoms with E-state index in [1.165, 1.54) is 5.70 Å². The van der Waals surface area contributed by atoms with Crippen LogP contribution < -0.4 is 0 Å². The zero-order valence-electron chi connectivity index (χ0n) is 10.4. The molecule has 3 heteroatoms. The third-order valence-electron chi connectivity index (χ3n) is 3.79. The monoisotopic (exact) mass is 224 g/mol. The minimum absolute atomic E-state index is 0.0194. The number of likely N-dealkylation sites (N-methyl/N-ethyl adjacent to an activating group) is 1. The van der Waals surface area contributed by atoms with Crippen LogP contribution in [0.2, 0.25) is 0 Å². The molecule has 2 nitrogen and oxygen atoms in total. The molecule has 2 atom stereocenters. The van der Waals surface area contributed by atoms with E-state index >= 15 is 0 Å². The summed E-state index contributed by atoms with van der Waals surface area (Å²) in [7, 11) is 2.17. The number of rotatable bonds is 1. The molecule has 1 saturated heterocycles. The van der Waals surface area contributed by atoms with Crippen molar-refractivity contribution in [3.8, 4) is 0 Å². The van der Waals surface area contributed by atoms with Crippen LogP contribution in [0.25, 0.3) is 0 Å². The van der Waals surface area contributed by atoms with Crippen LogP contribution in [0.5, 0.6) is 0 Å². The van der Waals surface area contributed by atoms with Gasteiger partial charge in [0.2, 0.25) is 0 Å².